The van der Waals surface area contributed by atoms with Gasteiger partial charge in [-0.25, -0.2) is 4.79 Å². The topological polar surface area (TPSA) is 41.6 Å². The molecule has 1 heterocycles. The van der Waals surface area contributed by atoms with Crippen LogP contribution in [0.25, 0.3) is 0 Å². The molecule has 0 bridgehead atoms. The quantitative estimate of drug-likeness (QED) is 0.874. The molecule has 1 fully saturated rings. The molecule has 1 aromatic carbocycles. The maximum Gasteiger partial charge on any atom is 0.411 e. The van der Waals surface area contributed by atoms with Gasteiger partial charge in [-0.2, -0.15) is 0 Å². The third kappa shape index (κ3) is 3.12. The first-order chi connectivity index (χ1) is 8.29. The highest BCUT2D eigenvalue weighted by atomic mass is 16.5. The molecule has 4 heteroatoms. The van der Waals surface area contributed by atoms with E-state index in [4.69, 9.17) is 4.74 Å². The molecular formula is C13H18N2O2. The van der Waals surface area contributed by atoms with Gasteiger partial charge in [-0.15, -0.1) is 0 Å². The molecule has 4 nitrogen and oxygen atoms in total. The van der Waals surface area contributed by atoms with Crippen LogP contribution in [0.15, 0.2) is 24.3 Å². The Kier molecular flexibility index (Phi) is 3.85. The van der Waals surface area contributed by atoms with E-state index < -0.39 is 6.09 Å². The Morgan fingerprint density at radius 1 is 1.29 bits per heavy atom. The molecular weight excluding hydrogens is 216 g/mol. The number of benzene rings is 1. The number of hydrogen-bond donors (Lipinski definition) is 1. The lowest BCUT2D eigenvalue weighted by atomic mass is 10.2. The van der Waals surface area contributed by atoms with Crippen LogP contribution in [0.3, 0.4) is 0 Å². The Bertz CT molecular complexity index is 370. The average Bonchev–Trinajstić information content (AvgIpc) is 2.84. The highest BCUT2D eigenvalue weighted by molar-refractivity contribution is 5.84. The summed E-state index contributed by atoms with van der Waals surface area (Å²) in [5.41, 5.74) is 1.99. The third-order valence-corrected chi connectivity index (χ3v) is 2.86. The van der Waals surface area contributed by atoms with Crippen molar-refractivity contribution in [2.45, 2.75) is 19.8 Å². The van der Waals surface area contributed by atoms with Gasteiger partial charge in [0.1, 0.15) is 0 Å². The minimum Gasteiger partial charge on any atom is -0.450 e. The SMILES string of the molecule is CCOC(=O)Nc1ccc(N2CCCC2)cc1. The van der Waals surface area contributed by atoms with Gasteiger partial charge in [-0.1, -0.05) is 0 Å². The van der Waals surface area contributed by atoms with Crippen LogP contribution in [0.2, 0.25) is 0 Å². The molecule has 1 aromatic rings. The third-order valence-electron chi connectivity index (χ3n) is 2.86. The van der Waals surface area contributed by atoms with Gasteiger partial charge in [0.25, 0.3) is 0 Å². The molecule has 1 saturated heterocycles. The number of hydrogen-bond acceptors (Lipinski definition) is 3. The molecule has 92 valence electrons. The summed E-state index contributed by atoms with van der Waals surface area (Å²) in [6.07, 6.45) is 2.13. The summed E-state index contributed by atoms with van der Waals surface area (Å²) in [7, 11) is 0. The molecule has 0 saturated carbocycles. The first-order valence-electron chi connectivity index (χ1n) is 6.08. The number of amides is 1. The predicted molar refractivity (Wildman–Crippen MR) is 68.5 cm³/mol. The van der Waals surface area contributed by atoms with Crippen LogP contribution in [0.1, 0.15) is 19.8 Å². The molecule has 1 N–H and O–H groups in total. The number of carbonyl (C=O) groups excluding carboxylic acids is 1. The number of ether oxygens (including phenoxy) is 1. The van der Waals surface area contributed by atoms with Gasteiger partial charge in [-0.3, -0.25) is 5.32 Å². The lowest BCUT2D eigenvalue weighted by molar-refractivity contribution is 0.168. The number of carbonyl (C=O) groups is 1. The zero-order valence-electron chi connectivity index (χ0n) is 10.1. The minimum absolute atomic E-state index is 0.387. The highest BCUT2D eigenvalue weighted by Gasteiger charge is 2.11. The lowest BCUT2D eigenvalue weighted by Crippen LogP contribution is -2.17. The van der Waals surface area contributed by atoms with E-state index in [-0.39, 0.29) is 0 Å². The summed E-state index contributed by atoms with van der Waals surface area (Å²) in [4.78, 5) is 13.6. The molecule has 0 aliphatic carbocycles. The van der Waals surface area contributed by atoms with Crippen LogP contribution in [0, 0.1) is 0 Å². The van der Waals surface area contributed by atoms with Crippen molar-refractivity contribution in [3.63, 3.8) is 0 Å². The van der Waals surface area contributed by atoms with Crippen LogP contribution in [-0.4, -0.2) is 25.8 Å². The molecule has 1 aliphatic rings. The van der Waals surface area contributed by atoms with Crippen LogP contribution in [0.5, 0.6) is 0 Å². The predicted octanol–water partition coefficient (Wildman–Crippen LogP) is 2.86. The summed E-state index contributed by atoms with van der Waals surface area (Å²) in [5.74, 6) is 0. The monoisotopic (exact) mass is 234 g/mol. The van der Waals surface area contributed by atoms with Gasteiger partial charge < -0.3 is 9.64 Å². The van der Waals surface area contributed by atoms with Crippen molar-refractivity contribution in [3.8, 4) is 0 Å². The fourth-order valence-electron chi connectivity index (χ4n) is 2.02. The number of nitrogens with one attached hydrogen (secondary N) is 1. The molecule has 0 atom stereocenters. The second-order valence-electron chi connectivity index (χ2n) is 4.09. The van der Waals surface area contributed by atoms with Crippen molar-refractivity contribution in [2.24, 2.45) is 0 Å². The Hall–Kier alpha value is -1.71. The summed E-state index contributed by atoms with van der Waals surface area (Å²) in [5, 5.41) is 2.68. The summed E-state index contributed by atoms with van der Waals surface area (Å²) < 4.78 is 4.82. The van der Waals surface area contributed by atoms with Crippen LogP contribution in [-0.2, 0) is 4.74 Å². The van der Waals surface area contributed by atoms with Gasteiger partial charge in [0, 0.05) is 24.5 Å². The van der Waals surface area contributed by atoms with Gasteiger partial charge in [0.2, 0.25) is 0 Å². The molecule has 1 amide bonds. The normalized spacial score (nSPS) is 14.8. The fraction of sp³-hybridized carbons (Fsp3) is 0.462. The van der Waals surface area contributed by atoms with E-state index in [0.29, 0.717) is 6.61 Å². The average molecular weight is 234 g/mol. The van der Waals surface area contributed by atoms with E-state index in [1.165, 1.54) is 18.5 Å². The van der Waals surface area contributed by atoms with Crippen LogP contribution in [0.4, 0.5) is 16.2 Å². The molecule has 2 rings (SSSR count). The smallest absolute Gasteiger partial charge is 0.411 e. The van der Waals surface area contributed by atoms with Crippen molar-refractivity contribution in [1.29, 1.82) is 0 Å². The molecule has 0 spiro atoms. The minimum atomic E-state index is -0.401. The van der Waals surface area contributed by atoms with Gasteiger partial charge in [0.05, 0.1) is 6.61 Å². The molecule has 0 radical (unpaired) electrons. The Labute approximate surface area is 102 Å². The van der Waals surface area contributed by atoms with Crippen molar-refractivity contribution in [3.05, 3.63) is 24.3 Å². The lowest BCUT2D eigenvalue weighted by Gasteiger charge is -2.17. The van der Waals surface area contributed by atoms with E-state index in [1.807, 2.05) is 24.3 Å². The number of nitrogens with zero attached hydrogens (tertiary/aromatic N) is 1. The zero-order chi connectivity index (χ0) is 12.1. The second kappa shape index (κ2) is 5.57. The van der Waals surface area contributed by atoms with Gasteiger partial charge >= 0.3 is 6.09 Å². The van der Waals surface area contributed by atoms with Crippen molar-refractivity contribution in [2.75, 3.05) is 29.9 Å². The largest absolute Gasteiger partial charge is 0.450 e. The maximum absolute atomic E-state index is 11.2. The van der Waals surface area contributed by atoms with Crippen LogP contribution < -0.4 is 10.2 Å². The van der Waals surface area contributed by atoms with E-state index >= 15 is 0 Å². The highest BCUT2D eigenvalue weighted by Crippen LogP contribution is 2.21. The Balaban J connectivity index is 1.95. The Morgan fingerprint density at radius 3 is 2.53 bits per heavy atom. The van der Waals surface area contributed by atoms with Gasteiger partial charge in [0.15, 0.2) is 0 Å². The van der Waals surface area contributed by atoms with E-state index in [1.54, 1.807) is 6.92 Å². The standard InChI is InChI=1S/C13H18N2O2/c1-2-17-13(16)14-11-5-7-12(8-6-11)15-9-3-4-10-15/h5-8H,2-4,9-10H2,1H3,(H,14,16). The van der Waals surface area contributed by atoms with E-state index in [0.717, 1.165) is 18.8 Å². The maximum atomic E-state index is 11.2. The van der Waals surface area contributed by atoms with E-state index in [2.05, 4.69) is 10.2 Å². The van der Waals surface area contributed by atoms with E-state index in [9.17, 15) is 4.79 Å². The van der Waals surface area contributed by atoms with Crippen molar-refractivity contribution >= 4 is 17.5 Å². The molecule has 0 unspecified atom stereocenters. The molecule has 17 heavy (non-hydrogen) atoms. The molecule has 1 aliphatic heterocycles. The van der Waals surface area contributed by atoms with Crippen molar-refractivity contribution < 1.29 is 9.53 Å². The summed E-state index contributed by atoms with van der Waals surface area (Å²) in [6, 6.07) is 7.88. The summed E-state index contributed by atoms with van der Waals surface area (Å²) in [6.45, 7) is 4.43. The van der Waals surface area contributed by atoms with Crippen LogP contribution >= 0.6 is 0 Å². The second-order valence-corrected chi connectivity index (χ2v) is 4.09. The zero-order valence-corrected chi connectivity index (χ0v) is 10.1. The first-order valence-corrected chi connectivity index (χ1v) is 6.08. The number of rotatable bonds is 3. The Morgan fingerprint density at radius 2 is 1.94 bits per heavy atom. The van der Waals surface area contributed by atoms with Gasteiger partial charge in [-0.05, 0) is 44.0 Å². The number of anilines is 2. The van der Waals surface area contributed by atoms with Crippen molar-refractivity contribution in [1.82, 2.24) is 0 Å². The molecule has 0 aromatic heterocycles. The fourth-order valence-corrected chi connectivity index (χ4v) is 2.02. The summed E-state index contributed by atoms with van der Waals surface area (Å²) >= 11 is 0. The first kappa shape index (κ1) is 11.8.